The van der Waals surface area contributed by atoms with Gasteiger partial charge in [-0.05, 0) is 34.7 Å². The average Bonchev–Trinajstić information content (AvgIpc) is 2.56. The fourth-order valence-corrected chi connectivity index (χ4v) is 2.71. The molecule has 0 aliphatic carbocycles. The van der Waals surface area contributed by atoms with Gasteiger partial charge in [-0.2, -0.15) is 13.5 Å². The van der Waals surface area contributed by atoms with Gasteiger partial charge in [-0.25, -0.2) is 0 Å². The summed E-state index contributed by atoms with van der Waals surface area (Å²) in [4.78, 5) is 11.4. The first-order valence-corrected chi connectivity index (χ1v) is 7.47. The van der Waals surface area contributed by atoms with Crippen molar-refractivity contribution in [2.24, 2.45) is 0 Å². The molecule has 0 aromatic heterocycles. The lowest BCUT2D eigenvalue weighted by Crippen LogP contribution is -1.97. The molecule has 0 aliphatic rings. The van der Waals surface area contributed by atoms with E-state index in [0.717, 1.165) is 5.56 Å². The van der Waals surface area contributed by atoms with Crippen LogP contribution in [0.5, 0.6) is 0 Å². The van der Waals surface area contributed by atoms with Crippen LogP contribution in [0.25, 0.3) is 22.3 Å². The second-order valence-electron chi connectivity index (χ2n) is 5.49. The normalized spacial score (nSPS) is 9.96. The van der Waals surface area contributed by atoms with Crippen LogP contribution in [0.4, 0.5) is 0 Å². The molecule has 23 heavy (non-hydrogen) atoms. The Balaban J connectivity index is 0.00000192. The molecule has 0 fully saturated rings. The Bertz CT molecular complexity index is 779. The summed E-state index contributed by atoms with van der Waals surface area (Å²) in [5.74, 6) is 0.187. The highest BCUT2D eigenvalue weighted by Gasteiger charge is 2.09. The van der Waals surface area contributed by atoms with Crippen molar-refractivity contribution in [1.29, 1.82) is 0 Å². The molecule has 0 heterocycles. The number of hydrogen-bond acceptors (Lipinski definition) is 1. The zero-order valence-corrected chi connectivity index (χ0v) is 14.1. The van der Waals surface area contributed by atoms with E-state index in [2.05, 4.69) is 42.5 Å². The van der Waals surface area contributed by atoms with Gasteiger partial charge >= 0.3 is 0 Å². The summed E-state index contributed by atoms with van der Waals surface area (Å²) in [5, 5.41) is 0. The predicted octanol–water partition coefficient (Wildman–Crippen LogP) is 5.26. The van der Waals surface area contributed by atoms with Gasteiger partial charge in [-0.15, -0.1) is 0 Å². The maximum atomic E-state index is 11.4. The lowest BCUT2D eigenvalue weighted by Gasteiger charge is -2.12. The first-order chi connectivity index (χ1) is 10.7. The van der Waals surface area contributed by atoms with E-state index in [1.807, 2.05) is 36.4 Å². The van der Waals surface area contributed by atoms with E-state index in [1.165, 1.54) is 22.3 Å². The van der Waals surface area contributed by atoms with E-state index < -0.39 is 0 Å². The first-order valence-electron chi connectivity index (χ1n) is 7.47. The molecule has 0 amide bonds. The highest BCUT2D eigenvalue weighted by molar-refractivity contribution is 7.59. The zero-order chi connectivity index (χ0) is 15.4. The minimum absolute atomic E-state index is 0. The van der Waals surface area contributed by atoms with Crippen molar-refractivity contribution < 1.29 is 4.79 Å². The Hall–Kier alpha value is -2.32. The second-order valence-corrected chi connectivity index (χ2v) is 5.49. The topological polar surface area (TPSA) is 17.1 Å². The van der Waals surface area contributed by atoms with E-state index >= 15 is 0 Å². The maximum absolute atomic E-state index is 11.4. The third-order valence-corrected chi connectivity index (χ3v) is 3.71. The number of Topliss-reactive ketones (excluding diaryl/α,β-unsaturated/α-hetero) is 1. The molecule has 0 unspecified atom stereocenters. The number of hydrogen-bond donors (Lipinski definition) is 0. The number of carbonyl (C=O) groups is 1. The van der Waals surface area contributed by atoms with Gasteiger partial charge in [0.25, 0.3) is 0 Å². The van der Waals surface area contributed by atoms with Crippen molar-refractivity contribution in [1.82, 2.24) is 0 Å². The monoisotopic (exact) mass is 320 g/mol. The maximum Gasteiger partial charge on any atom is 0.134 e. The molecule has 0 radical (unpaired) electrons. The third kappa shape index (κ3) is 4.11. The van der Waals surface area contributed by atoms with Gasteiger partial charge in [0, 0.05) is 6.42 Å². The third-order valence-electron chi connectivity index (χ3n) is 3.71. The summed E-state index contributed by atoms with van der Waals surface area (Å²) in [6.07, 6.45) is 0.481. The summed E-state index contributed by atoms with van der Waals surface area (Å²) in [6.45, 7) is 1.63. The zero-order valence-electron chi connectivity index (χ0n) is 13.1. The standard InChI is InChI=1S/C21H18O.H2S/c1-16(22)14-17-12-13-20(18-8-4-2-5-9-18)21(15-17)19-10-6-3-7-11-19;/h2-13,15H,14H2,1H3;1H2. The summed E-state index contributed by atoms with van der Waals surface area (Å²) >= 11 is 0. The van der Waals surface area contributed by atoms with Crippen LogP contribution in [-0.4, -0.2) is 5.78 Å². The van der Waals surface area contributed by atoms with Gasteiger partial charge in [0.1, 0.15) is 5.78 Å². The van der Waals surface area contributed by atoms with Crippen LogP contribution in [0.15, 0.2) is 78.9 Å². The fourth-order valence-electron chi connectivity index (χ4n) is 2.71. The van der Waals surface area contributed by atoms with Gasteiger partial charge in [0.15, 0.2) is 0 Å². The van der Waals surface area contributed by atoms with Gasteiger partial charge in [-0.1, -0.05) is 78.9 Å². The minimum atomic E-state index is 0. The SMILES string of the molecule is CC(=O)Cc1ccc(-c2ccccc2)c(-c2ccccc2)c1.S. The number of ketones is 1. The highest BCUT2D eigenvalue weighted by atomic mass is 32.1. The molecular formula is C21H20OS. The number of carbonyl (C=O) groups excluding carboxylic acids is 1. The predicted molar refractivity (Wildman–Crippen MR) is 102 cm³/mol. The van der Waals surface area contributed by atoms with Gasteiger partial charge in [0.05, 0.1) is 0 Å². The Labute approximate surface area is 144 Å². The molecule has 0 spiro atoms. The molecule has 0 saturated carbocycles. The molecule has 116 valence electrons. The highest BCUT2D eigenvalue weighted by Crippen LogP contribution is 2.33. The fraction of sp³-hybridized carbons (Fsp3) is 0.0952. The van der Waals surface area contributed by atoms with Crippen LogP contribution in [0.1, 0.15) is 12.5 Å². The second kappa shape index (κ2) is 7.80. The van der Waals surface area contributed by atoms with Crippen molar-refractivity contribution in [3.8, 4) is 22.3 Å². The Morgan fingerprint density at radius 2 is 1.26 bits per heavy atom. The van der Waals surface area contributed by atoms with Crippen molar-refractivity contribution >= 4 is 19.3 Å². The molecule has 3 aromatic carbocycles. The number of benzene rings is 3. The molecular weight excluding hydrogens is 300 g/mol. The number of rotatable bonds is 4. The van der Waals surface area contributed by atoms with Crippen molar-refractivity contribution in [2.75, 3.05) is 0 Å². The van der Waals surface area contributed by atoms with Crippen molar-refractivity contribution in [3.05, 3.63) is 84.4 Å². The van der Waals surface area contributed by atoms with Crippen LogP contribution < -0.4 is 0 Å². The molecule has 0 aliphatic heterocycles. The van der Waals surface area contributed by atoms with E-state index in [4.69, 9.17) is 0 Å². The molecule has 0 N–H and O–H groups in total. The Morgan fingerprint density at radius 1 is 0.739 bits per heavy atom. The minimum Gasteiger partial charge on any atom is -0.300 e. The van der Waals surface area contributed by atoms with Crippen LogP contribution >= 0.6 is 13.5 Å². The van der Waals surface area contributed by atoms with Crippen molar-refractivity contribution in [2.45, 2.75) is 13.3 Å². The lowest BCUT2D eigenvalue weighted by molar-refractivity contribution is -0.116. The largest absolute Gasteiger partial charge is 0.300 e. The summed E-state index contributed by atoms with van der Waals surface area (Å²) in [7, 11) is 0. The lowest BCUT2D eigenvalue weighted by atomic mass is 9.92. The Morgan fingerprint density at radius 3 is 1.78 bits per heavy atom. The molecule has 0 bridgehead atoms. The van der Waals surface area contributed by atoms with Crippen LogP contribution in [0.3, 0.4) is 0 Å². The van der Waals surface area contributed by atoms with E-state index in [-0.39, 0.29) is 19.3 Å². The average molecular weight is 320 g/mol. The van der Waals surface area contributed by atoms with E-state index in [1.54, 1.807) is 6.92 Å². The van der Waals surface area contributed by atoms with Crippen molar-refractivity contribution in [3.63, 3.8) is 0 Å². The van der Waals surface area contributed by atoms with Gasteiger partial charge < -0.3 is 0 Å². The van der Waals surface area contributed by atoms with E-state index in [9.17, 15) is 4.79 Å². The van der Waals surface area contributed by atoms with Gasteiger partial charge in [0.2, 0.25) is 0 Å². The summed E-state index contributed by atoms with van der Waals surface area (Å²) < 4.78 is 0. The quantitative estimate of drug-likeness (QED) is 0.640. The molecule has 2 heteroatoms. The molecule has 0 saturated heterocycles. The molecule has 3 rings (SSSR count). The first kappa shape index (κ1) is 17.0. The van der Waals surface area contributed by atoms with E-state index in [0.29, 0.717) is 6.42 Å². The smallest absolute Gasteiger partial charge is 0.134 e. The Kier molecular flexibility index (Phi) is 5.78. The molecule has 3 aromatic rings. The summed E-state index contributed by atoms with van der Waals surface area (Å²) in [6, 6.07) is 27.0. The molecule has 1 nitrogen and oxygen atoms in total. The summed E-state index contributed by atoms with van der Waals surface area (Å²) in [5.41, 5.74) is 5.79. The van der Waals surface area contributed by atoms with Crippen LogP contribution in [0.2, 0.25) is 0 Å². The van der Waals surface area contributed by atoms with Crippen LogP contribution in [-0.2, 0) is 11.2 Å². The molecule has 0 atom stereocenters. The van der Waals surface area contributed by atoms with Crippen LogP contribution in [0, 0.1) is 0 Å². The van der Waals surface area contributed by atoms with Gasteiger partial charge in [-0.3, -0.25) is 4.79 Å².